The van der Waals surface area contributed by atoms with Crippen molar-refractivity contribution in [2.45, 2.75) is 19.8 Å². The molecule has 0 radical (unpaired) electrons. The van der Waals surface area contributed by atoms with E-state index < -0.39 is 0 Å². The smallest absolute Gasteiger partial charge is 0.308 e. The molecule has 0 aromatic rings. The van der Waals surface area contributed by atoms with Gasteiger partial charge in [0, 0.05) is 13.1 Å². The van der Waals surface area contributed by atoms with Gasteiger partial charge in [-0.25, -0.2) is 0 Å². The molecule has 12 heavy (non-hydrogen) atoms. The van der Waals surface area contributed by atoms with Gasteiger partial charge in [-0.2, -0.15) is 0 Å². The van der Waals surface area contributed by atoms with E-state index in [1.807, 2.05) is 6.92 Å². The third-order valence-corrected chi connectivity index (χ3v) is 1.79. The van der Waals surface area contributed by atoms with Crippen molar-refractivity contribution in [1.82, 2.24) is 4.90 Å². The fourth-order valence-electron chi connectivity index (χ4n) is 1.16. The Bertz CT molecular complexity index is 191. The zero-order valence-corrected chi connectivity index (χ0v) is 7.21. The first-order chi connectivity index (χ1) is 5.74. The summed E-state index contributed by atoms with van der Waals surface area (Å²) in [6.45, 7) is 3.14. The molecule has 0 atom stereocenters. The summed E-state index contributed by atoms with van der Waals surface area (Å²) in [5.41, 5.74) is 0. The Kier molecular flexibility index (Phi) is 3.08. The van der Waals surface area contributed by atoms with Crippen LogP contribution in [0, 0.1) is 0 Å². The summed E-state index contributed by atoms with van der Waals surface area (Å²) in [6, 6.07) is 0. The lowest BCUT2D eigenvalue weighted by Gasteiger charge is -2.17. The highest BCUT2D eigenvalue weighted by Gasteiger charge is 2.20. The third-order valence-electron chi connectivity index (χ3n) is 1.79. The minimum Gasteiger partial charge on any atom is -0.456 e. The first-order valence-electron chi connectivity index (χ1n) is 4.17. The molecule has 0 saturated carbocycles. The van der Waals surface area contributed by atoms with E-state index >= 15 is 0 Å². The molecule has 1 rings (SSSR count). The molecule has 1 saturated heterocycles. The van der Waals surface area contributed by atoms with E-state index in [4.69, 9.17) is 0 Å². The van der Waals surface area contributed by atoms with Gasteiger partial charge in [-0.15, -0.1) is 0 Å². The Morgan fingerprint density at radius 2 is 2.25 bits per heavy atom. The number of esters is 1. The van der Waals surface area contributed by atoms with Crippen molar-refractivity contribution in [3.63, 3.8) is 0 Å². The van der Waals surface area contributed by atoms with E-state index in [0.717, 1.165) is 13.0 Å². The summed E-state index contributed by atoms with van der Waals surface area (Å²) >= 11 is 0. The number of nitrogens with zero attached hydrogens (tertiary/aromatic N) is 1. The lowest BCUT2D eigenvalue weighted by molar-refractivity contribution is -0.147. The van der Waals surface area contributed by atoms with Crippen LogP contribution in [0.25, 0.3) is 0 Å². The molecular formula is C8H13NO3. The van der Waals surface area contributed by atoms with E-state index in [2.05, 4.69) is 4.74 Å². The molecule has 1 heterocycles. The third kappa shape index (κ3) is 2.22. The molecule has 68 valence electrons. The molecule has 4 heteroatoms. The number of rotatable bonds is 2. The second-order valence-electron chi connectivity index (χ2n) is 2.79. The second-order valence-corrected chi connectivity index (χ2v) is 2.79. The molecule has 0 aromatic carbocycles. The number of carbonyl (C=O) groups excluding carboxylic acids is 2. The van der Waals surface area contributed by atoms with Crippen molar-refractivity contribution in [1.29, 1.82) is 0 Å². The van der Waals surface area contributed by atoms with Crippen molar-refractivity contribution >= 4 is 11.9 Å². The fraction of sp³-hybridized carbons (Fsp3) is 0.750. The van der Waals surface area contributed by atoms with Crippen molar-refractivity contribution < 1.29 is 14.3 Å². The minimum atomic E-state index is -0.276. The van der Waals surface area contributed by atoms with Gasteiger partial charge in [-0.05, 0) is 6.42 Å². The highest BCUT2D eigenvalue weighted by molar-refractivity contribution is 5.82. The fourth-order valence-corrected chi connectivity index (χ4v) is 1.16. The van der Waals surface area contributed by atoms with Gasteiger partial charge in [0.25, 0.3) is 5.91 Å². The molecule has 0 aliphatic carbocycles. The van der Waals surface area contributed by atoms with Crippen LogP contribution >= 0.6 is 0 Å². The van der Waals surface area contributed by atoms with Crippen LogP contribution in [0.15, 0.2) is 0 Å². The van der Waals surface area contributed by atoms with Gasteiger partial charge >= 0.3 is 5.97 Å². The van der Waals surface area contributed by atoms with Crippen molar-refractivity contribution in [2.75, 3.05) is 19.7 Å². The van der Waals surface area contributed by atoms with Crippen LogP contribution in [-0.2, 0) is 14.3 Å². The maximum atomic E-state index is 11.2. The second kappa shape index (κ2) is 4.09. The normalized spacial score (nSPS) is 18.9. The molecule has 0 unspecified atom stereocenters. The number of hydrogen-bond donors (Lipinski definition) is 0. The van der Waals surface area contributed by atoms with Crippen LogP contribution in [-0.4, -0.2) is 36.5 Å². The Morgan fingerprint density at radius 1 is 1.50 bits per heavy atom. The van der Waals surface area contributed by atoms with E-state index in [-0.39, 0.29) is 18.5 Å². The maximum absolute atomic E-state index is 11.2. The summed E-state index contributed by atoms with van der Waals surface area (Å²) in [5, 5.41) is 0. The summed E-state index contributed by atoms with van der Waals surface area (Å²) in [4.78, 5) is 23.6. The van der Waals surface area contributed by atoms with Gasteiger partial charge < -0.3 is 9.64 Å². The van der Waals surface area contributed by atoms with Gasteiger partial charge in [0.2, 0.25) is 0 Å². The standard InChI is InChI=1S/C8H13NO3/c1-2-4-9-5-3-8(11)12-6-7(9)10/h2-6H2,1H3. The van der Waals surface area contributed by atoms with Gasteiger partial charge in [-0.1, -0.05) is 6.92 Å². The summed E-state index contributed by atoms with van der Waals surface area (Å²) in [6.07, 6.45) is 1.24. The van der Waals surface area contributed by atoms with Crippen LogP contribution in [0.3, 0.4) is 0 Å². The van der Waals surface area contributed by atoms with E-state index in [1.165, 1.54) is 0 Å². The molecule has 1 aliphatic heterocycles. The van der Waals surface area contributed by atoms with Gasteiger partial charge in [-0.3, -0.25) is 9.59 Å². The molecule has 1 fully saturated rings. The van der Waals surface area contributed by atoms with Crippen LogP contribution in [0.5, 0.6) is 0 Å². The molecule has 4 nitrogen and oxygen atoms in total. The molecule has 0 N–H and O–H groups in total. The molecular weight excluding hydrogens is 158 g/mol. The molecule has 1 aliphatic rings. The lowest BCUT2D eigenvalue weighted by atomic mass is 10.3. The average Bonchev–Trinajstić information content (AvgIpc) is 2.20. The Morgan fingerprint density at radius 3 is 2.92 bits per heavy atom. The van der Waals surface area contributed by atoms with Crippen molar-refractivity contribution in [2.24, 2.45) is 0 Å². The predicted molar refractivity (Wildman–Crippen MR) is 42.4 cm³/mol. The maximum Gasteiger partial charge on any atom is 0.308 e. The summed E-state index contributed by atoms with van der Waals surface area (Å²) in [7, 11) is 0. The number of ether oxygens (including phenoxy) is 1. The van der Waals surface area contributed by atoms with Crippen LogP contribution in [0.2, 0.25) is 0 Å². The average molecular weight is 171 g/mol. The van der Waals surface area contributed by atoms with E-state index in [9.17, 15) is 9.59 Å². The minimum absolute atomic E-state index is 0.0808. The lowest BCUT2D eigenvalue weighted by Crippen LogP contribution is -2.33. The van der Waals surface area contributed by atoms with Crippen LogP contribution in [0.1, 0.15) is 19.8 Å². The van der Waals surface area contributed by atoms with Crippen LogP contribution in [0.4, 0.5) is 0 Å². The predicted octanol–water partition coefficient (Wildman–Crippen LogP) is 0.172. The molecule has 0 spiro atoms. The van der Waals surface area contributed by atoms with Crippen molar-refractivity contribution in [3.8, 4) is 0 Å². The number of carbonyl (C=O) groups is 2. The monoisotopic (exact) mass is 171 g/mol. The highest BCUT2D eigenvalue weighted by atomic mass is 16.5. The SMILES string of the molecule is CCCN1CCC(=O)OCC1=O. The topological polar surface area (TPSA) is 46.6 Å². The first-order valence-corrected chi connectivity index (χ1v) is 4.17. The Hall–Kier alpha value is -1.06. The summed E-state index contributed by atoms with van der Waals surface area (Å²) in [5.74, 6) is -0.357. The van der Waals surface area contributed by atoms with Crippen molar-refractivity contribution in [3.05, 3.63) is 0 Å². The number of hydrogen-bond acceptors (Lipinski definition) is 3. The zero-order chi connectivity index (χ0) is 8.97. The van der Waals surface area contributed by atoms with Gasteiger partial charge in [0.05, 0.1) is 6.42 Å². The zero-order valence-electron chi connectivity index (χ0n) is 7.21. The largest absolute Gasteiger partial charge is 0.456 e. The Labute approximate surface area is 71.5 Å². The van der Waals surface area contributed by atoms with E-state index in [0.29, 0.717) is 13.0 Å². The first kappa shape index (κ1) is 9.03. The highest BCUT2D eigenvalue weighted by Crippen LogP contribution is 2.02. The Balaban J connectivity index is 2.50. The van der Waals surface area contributed by atoms with Crippen LogP contribution < -0.4 is 0 Å². The summed E-state index contributed by atoms with van der Waals surface area (Å²) < 4.78 is 4.66. The quantitative estimate of drug-likeness (QED) is 0.556. The molecule has 1 amide bonds. The number of amides is 1. The molecule has 0 aromatic heterocycles. The molecule has 0 bridgehead atoms. The number of cyclic esters (lactones) is 1. The van der Waals surface area contributed by atoms with Gasteiger partial charge in [0.1, 0.15) is 0 Å². The van der Waals surface area contributed by atoms with Gasteiger partial charge in [0.15, 0.2) is 6.61 Å². The van der Waals surface area contributed by atoms with E-state index in [1.54, 1.807) is 4.90 Å².